The van der Waals surface area contributed by atoms with Crippen LogP contribution >= 0.6 is 11.6 Å². The molecule has 0 aliphatic rings. The molecule has 0 amide bonds. The van der Waals surface area contributed by atoms with Crippen LogP contribution in [-0.4, -0.2) is 26.2 Å². The van der Waals surface area contributed by atoms with Gasteiger partial charge in [-0.15, -0.1) is 0 Å². The maximum atomic E-state index is 12.6. The van der Waals surface area contributed by atoms with Crippen LogP contribution in [0.4, 0.5) is 13.2 Å². The summed E-state index contributed by atoms with van der Waals surface area (Å²) >= 11 is 5.38. The highest BCUT2D eigenvalue weighted by Crippen LogP contribution is 2.35. The number of sulfonamides is 1. The van der Waals surface area contributed by atoms with Crippen LogP contribution in [0.15, 0.2) is 23.1 Å². The van der Waals surface area contributed by atoms with E-state index in [1.807, 2.05) is 4.72 Å². The van der Waals surface area contributed by atoms with Crippen molar-refractivity contribution in [3.05, 3.63) is 28.8 Å². The van der Waals surface area contributed by atoms with Gasteiger partial charge in [-0.25, -0.2) is 13.1 Å². The number of nitrogens with one attached hydrogen (secondary N) is 1. The second-order valence-electron chi connectivity index (χ2n) is 3.84. The lowest BCUT2D eigenvalue weighted by molar-refractivity contribution is -0.137. The lowest BCUT2D eigenvalue weighted by Crippen LogP contribution is -2.30. The van der Waals surface area contributed by atoms with Crippen LogP contribution in [0.2, 0.25) is 5.02 Å². The zero-order valence-electron chi connectivity index (χ0n) is 9.70. The minimum Gasteiger partial charge on any atom is -0.392 e. The number of hydrogen-bond donors (Lipinski definition) is 2. The molecule has 0 fully saturated rings. The first-order chi connectivity index (χ1) is 8.54. The normalized spacial score (nSPS) is 14.4. The molecule has 0 aromatic heterocycles. The average Bonchev–Trinajstić information content (AvgIpc) is 2.25. The number of rotatable bonds is 4. The van der Waals surface area contributed by atoms with Crippen molar-refractivity contribution in [1.82, 2.24) is 4.72 Å². The molecule has 0 spiro atoms. The summed E-state index contributed by atoms with van der Waals surface area (Å²) in [5, 5.41) is 8.38. The summed E-state index contributed by atoms with van der Waals surface area (Å²) in [5.74, 6) is 0. The molecule has 4 nitrogen and oxygen atoms in total. The highest BCUT2D eigenvalue weighted by atomic mass is 35.5. The number of aliphatic hydroxyl groups is 1. The van der Waals surface area contributed by atoms with Crippen molar-refractivity contribution in [2.24, 2.45) is 0 Å². The molecular weight excluding hydrogens is 307 g/mol. The average molecular weight is 318 g/mol. The van der Waals surface area contributed by atoms with Crippen molar-refractivity contribution >= 4 is 21.6 Å². The molecule has 2 N–H and O–H groups in total. The fraction of sp³-hybridized carbons (Fsp3) is 0.400. The fourth-order valence-corrected chi connectivity index (χ4v) is 2.57. The predicted octanol–water partition coefficient (Wildman–Crippen LogP) is 2.02. The first-order valence-corrected chi connectivity index (χ1v) is 6.94. The van der Waals surface area contributed by atoms with Crippen molar-refractivity contribution in [3.63, 3.8) is 0 Å². The molecule has 0 heterocycles. The fourth-order valence-electron chi connectivity index (χ4n) is 1.20. The minimum absolute atomic E-state index is 0.299. The van der Waals surface area contributed by atoms with Crippen LogP contribution in [-0.2, 0) is 16.2 Å². The SMILES string of the molecule is CC(O)CNS(=O)(=O)c1ccc(Cl)c(C(F)(F)F)c1. The van der Waals surface area contributed by atoms with Crippen LogP contribution in [0.1, 0.15) is 12.5 Å². The number of alkyl halides is 3. The minimum atomic E-state index is -4.74. The number of aliphatic hydroxyl groups excluding tert-OH is 1. The summed E-state index contributed by atoms with van der Waals surface area (Å²) < 4.78 is 63.1. The lowest BCUT2D eigenvalue weighted by atomic mass is 10.2. The van der Waals surface area contributed by atoms with Gasteiger partial charge in [-0.05, 0) is 25.1 Å². The molecule has 0 bridgehead atoms. The molecule has 9 heteroatoms. The van der Waals surface area contributed by atoms with Gasteiger partial charge in [0.1, 0.15) is 0 Å². The summed E-state index contributed by atoms with van der Waals surface area (Å²) in [5.41, 5.74) is -1.23. The van der Waals surface area contributed by atoms with Gasteiger partial charge in [0.2, 0.25) is 10.0 Å². The first-order valence-electron chi connectivity index (χ1n) is 5.08. The van der Waals surface area contributed by atoms with Crippen LogP contribution in [0.5, 0.6) is 0 Å². The predicted molar refractivity (Wildman–Crippen MR) is 63.3 cm³/mol. The third kappa shape index (κ3) is 4.34. The second-order valence-corrected chi connectivity index (χ2v) is 6.01. The highest BCUT2D eigenvalue weighted by molar-refractivity contribution is 7.89. The Balaban J connectivity index is 3.16. The van der Waals surface area contributed by atoms with Crippen molar-refractivity contribution in [3.8, 4) is 0 Å². The molecule has 1 unspecified atom stereocenters. The van der Waals surface area contributed by atoms with Gasteiger partial charge in [0.15, 0.2) is 0 Å². The Kier molecular flexibility index (Phi) is 4.83. The van der Waals surface area contributed by atoms with E-state index in [-0.39, 0.29) is 6.54 Å². The van der Waals surface area contributed by atoms with Gasteiger partial charge in [0.25, 0.3) is 0 Å². The van der Waals surface area contributed by atoms with Gasteiger partial charge in [0, 0.05) is 6.54 Å². The Bertz CT molecular complexity index is 558. The molecule has 0 saturated carbocycles. The van der Waals surface area contributed by atoms with E-state index in [0.717, 1.165) is 12.1 Å². The van der Waals surface area contributed by atoms with Gasteiger partial charge in [0.05, 0.1) is 21.6 Å². The van der Waals surface area contributed by atoms with Gasteiger partial charge in [-0.2, -0.15) is 13.2 Å². The van der Waals surface area contributed by atoms with E-state index in [0.29, 0.717) is 6.07 Å². The van der Waals surface area contributed by atoms with Crippen LogP contribution in [0.25, 0.3) is 0 Å². The summed E-state index contributed by atoms with van der Waals surface area (Å²) in [6.45, 7) is 1.04. The summed E-state index contributed by atoms with van der Waals surface area (Å²) in [7, 11) is -4.12. The smallest absolute Gasteiger partial charge is 0.392 e. The molecule has 0 radical (unpaired) electrons. The van der Waals surface area contributed by atoms with Gasteiger partial charge in [-0.1, -0.05) is 11.6 Å². The Labute approximate surface area is 113 Å². The number of benzene rings is 1. The van der Waals surface area contributed by atoms with E-state index < -0.39 is 37.8 Å². The molecule has 1 atom stereocenters. The molecule has 0 saturated heterocycles. The molecule has 1 aromatic rings. The van der Waals surface area contributed by atoms with Crippen LogP contribution in [0.3, 0.4) is 0 Å². The number of hydrogen-bond acceptors (Lipinski definition) is 3. The Morgan fingerprint density at radius 1 is 1.42 bits per heavy atom. The highest BCUT2D eigenvalue weighted by Gasteiger charge is 2.34. The van der Waals surface area contributed by atoms with Crippen molar-refractivity contribution in [2.75, 3.05) is 6.54 Å². The molecule has 19 heavy (non-hydrogen) atoms. The zero-order valence-corrected chi connectivity index (χ0v) is 11.3. The topological polar surface area (TPSA) is 66.4 Å². The first kappa shape index (κ1) is 16.2. The third-order valence-electron chi connectivity index (χ3n) is 2.12. The van der Waals surface area contributed by atoms with E-state index in [1.54, 1.807) is 0 Å². The molecule has 1 rings (SSSR count). The van der Waals surface area contributed by atoms with E-state index in [2.05, 4.69) is 0 Å². The maximum Gasteiger partial charge on any atom is 0.417 e. The molecule has 0 aliphatic carbocycles. The molecular formula is C10H11ClF3NO3S. The Morgan fingerprint density at radius 2 is 2.00 bits per heavy atom. The Hall–Kier alpha value is -0.830. The number of halogens is 4. The molecule has 108 valence electrons. The molecule has 1 aromatic carbocycles. The van der Waals surface area contributed by atoms with Gasteiger partial charge < -0.3 is 5.11 Å². The standard InChI is InChI=1S/C10H11ClF3NO3S/c1-6(16)5-15-19(17,18)7-2-3-9(11)8(4-7)10(12,13)14/h2-4,6,15-16H,5H2,1H3. The monoisotopic (exact) mass is 317 g/mol. The van der Waals surface area contributed by atoms with Crippen LogP contribution in [0, 0.1) is 0 Å². The summed E-state index contributed by atoms with van der Waals surface area (Å²) in [6, 6.07) is 2.27. The van der Waals surface area contributed by atoms with Gasteiger partial charge >= 0.3 is 6.18 Å². The van der Waals surface area contributed by atoms with Gasteiger partial charge in [-0.3, -0.25) is 0 Å². The summed E-state index contributed by atoms with van der Waals surface area (Å²) in [6.07, 6.45) is -5.70. The van der Waals surface area contributed by atoms with E-state index in [9.17, 15) is 21.6 Å². The van der Waals surface area contributed by atoms with E-state index >= 15 is 0 Å². The van der Waals surface area contributed by atoms with Crippen molar-refractivity contribution in [1.29, 1.82) is 0 Å². The second kappa shape index (κ2) is 5.66. The lowest BCUT2D eigenvalue weighted by Gasteiger charge is -2.12. The largest absolute Gasteiger partial charge is 0.417 e. The molecule has 0 aliphatic heterocycles. The van der Waals surface area contributed by atoms with E-state index in [4.69, 9.17) is 16.7 Å². The quantitative estimate of drug-likeness (QED) is 0.893. The zero-order chi connectivity index (χ0) is 14.8. The van der Waals surface area contributed by atoms with E-state index in [1.165, 1.54) is 6.92 Å². The van der Waals surface area contributed by atoms with Crippen molar-refractivity contribution < 1.29 is 26.7 Å². The summed E-state index contributed by atoms with van der Waals surface area (Å²) in [4.78, 5) is -0.565. The Morgan fingerprint density at radius 3 is 2.47 bits per heavy atom. The van der Waals surface area contributed by atoms with Crippen molar-refractivity contribution in [2.45, 2.75) is 24.1 Å². The third-order valence-corrected chi connectivity index (χ3v) is 3.87. The maximum absolute atomic E-state index is 12.6. The van der Waals surface area contributed by atoms with Crippen LogP contribution < -0.4 is 4.72 Å².